The first-order valence-corrected chi connectivity index (χ1v) is 3.44. The summed E-state index contributed by atoms with van der Waals surface area (Å²) in [5, 5.41) is 18.6. The Morgan fingerprint density at radius 2 is 1.86 bits per heavy atom. The van der Waals surface area contributed by atoms with Crippen LogP contribution >= 0.6 is 0 Å². The Morgan fingerprint density at radius 3 is 2.14 bits per heavy atom. The van der Waals surface area contributed by atoms with E-state index >= 15 is 0 Å². The normalized spacial score (nSPS) is 10.9. The van der Waals surface area contributed by atoms with E-state index in [0.29, 0.717) is 0 Å². The third kappa shape index (κ3) is 7.84. The number of primary amides is 1. The van der Waals surface area contributed by atoms with Crippen molar-refractivity contribution in [1.29, 1.82) is 0 Å². The summed E-state index contributed by atoms with van der Waals surface area (Å²) >= 11 is 0. The molecule has 0 saturated carbocycles. The molecular weight excluding hydrogens is 203 g/mol. The number of nitrogens with two attached hydrogens (primary N) is 1. The molecule has 0 aromatic rings. The number of aliphatic carboxylic acids is 2. The number of carbonyl (C=O) groups excluding carboxylic acids is 1. The van der Waals surface area contributed by atoms with E-state index in [1.54, 1.807) is 0 Å². The first-order valence-electron chi connectivity index (χ1n) is 3.44. The predicted molar refractivity (Wildman–Crippen MR) is 42.1 cm³/mol. The zero-order chi connectivity index (χ0) is 10.4. The van der Waals surface area contributed by atoms with Crippen molar-refractivity contribution in [3.63, 3.8) is 0 Å². The average Bonchev–Trinajstić information content (AvgIpc) is 1.96. The Labute approximate surface area is 103 Å². The van der Waals surface area contributed by atoms with Gasteiger partial charge in [0.05, 0.1) is 0 Å². The van der Waals surface area contributed by atoms with Gasteiger partial charge in [0.2, 0.25) is 0 Å². The smallest absolute Gasteiger partial charge is 1.00 e. The van der Waals surface area contributed by atoms with Crippen molar-refractivity contribution in [2.45, 2.75) is 18.9 Å². The van der Waals surface area contributed by atoms with E-state index in [4.69, 9.17) is 10.2 Å². The third-order valence-electron chi connectivity index (χ3n) is 1.26. The van der Waals surface area contributed by atoms with Crippen LogP contribution in [0.25, 0.3) is 0 Å². The van der Waals surface area contributed by atoms with Crippen molar-refractivity contribution < 1.29 is 55.6 Å². The van der Waals surface area contributed by atoms with Crippen LogP contribution in [-0.4, -0.2) is 34.2 Å². The number of carbonyl (C=O) groups is 3. The SMILES string of the molecule is NC(=O)N[C@@H](CCC(=O)O)C(=O)O.[H-].[Na+]. The maximum absolute atomic E-state index is 10.4. The van der Waals surface area contributed by atoms with E-state index in [2.05, 4.69) is 5.73 Å². The molecule has 8 heteroatoms. The summed E-state index contributed by atoms with van der Waals surface area (Å²) in [6, 6.07) is -2.23. The molecule has 0 aliphatic rings. The number of nitrogens with one attached hydrogen (secondary N) is 1. The molecule has 0 bridgehead atoms. The van der Waals surface area contributed by atoms with Gasteiger partial charge in [-0.05, 0) is 6.42 Å². The van der Waals surface area contributed by atoms with Gasteiger partial charge in [-0.25, -0.2) is 9.59 Å². The first kappa shape index (κ1) is 15.7. The molecule has 0 aliphatic heterocycles. The quantitative estimate of drug-likeness (QED) is 0.347. The summed E-state index contributed by atoms with van der Waals surface area (Å²) in [6.07, 6.45) is -0.523. The molecule has 0 heterocycles. The molecule has 7 nitrogen and oxygen atoms in total. The molecule has 0 aliphatic carbocycles. The molecule has 5 N–H and O–H groups in total. The minimum Gasteiger partial charge on any atom is -1.00 e. The number of carboxylic acids is 2. The van der Waals surface area contributed by atoms with Crippen molar-refractivity contribution in [2.24, 2.45) is 5.73 Å². The van der Waals surface area contributed by atoms with Crippen LogP contribution in [0.15, 0.2) is 0 Å². The maximum Gasteiger partial charge on any atom is 1.00 e. The molecule has 2 amide bonds. The van der Waals surface area contributed by atoms with E-state index in [1.807, 2.05) is 5.32 Å². The van der Waals surface area contributed by atoms with Crippen LogP contribution < -0.4 is 40.6 Å². The fraction of sp³-hybridized carbons (Fsp3) is 0.500. The van der Waals surface area contributed by atoms with Gasteiger partial charge in [0.25, 0.3) is 0 Å². The second-order valence-corrected chi connectivity index (χ2v) is 2.33. The van der Waals surface area contributed by atoms with Gasteiger partial charge in [0.15, 0.2) is 0 Å². The Hall–Kier alpha value is -0.790. The average molecular weight is 214 g/mol. The zero-order valence-electron chi connectivity index (χ0n) is 8.69. The molecule has 0 radical (unpaired) electrons. The molecule has 0 aromatic carbocycles. The van der Waals surface area contributed by atoms with E-state index in [-0.39, 0.29) is 43.8 Å². The Bertz CT molecular complexity index is 238. The molecule has 0 spiro atoms. The van der Waals surface area contributed by atoms with Crippen LogP contribution in [0.5, 0.6) is 0 Å². The van der Waals surface area contributed by atoms with Gasteiger partial charge < -0.3 is 22.7 Å². The number of hydrogen-bond donors (Lipinski definition) is 4. The van der Waals surface area contributed by atoms with Gasteiger partial charge in [-0.15, -0.1) is 0 Å². The van der Waals surface area contributed by atoms with Crippen LogP contribution in [0.3, 0.4) is 0 Å². The number of rotatable bonds is 5. The summed E-state index contributed by atoms with van der Waals surface area (Å²) in [5.74, 6) is -2.43. The number of carboxylic acid groups (broad SMARTS) is 2. The summed E-state index contributed by atoms with van der Waals surface area (Å²) < 4.78 is 0. The topological polar surface area (TPSA) is 130 Å². The van der Waals surface area contributed by atoms with E-state index in [9.17, 15) is 14.4 Å². The van der Waals surface area contributed by atoms with Crippen molar-refractivity contribution in [3.8, 4) is 0 Å². The molecule has 0 aromatic heterocycles. The van der Waals surface area contributed by atoms with Crippen molar-refractivity contribution in [2.75, 3.05) is 0 Å². The monoisotopic (exact) mass is 214 g/mol. The molecule has 0 saturated heterocycles. The van der Waals surface area contributed by atoms with Gasteiger partial charge in [-0.3, -0.25) is 4.79 Å². The van der Waals surface area contributed by atoms with Crippen molar-refractivity contribution in [3.05, 3.63) is 0 Å². The molecule has 0 rings (SSSR count). The first-order chi connectivity index (χ1) is 5.93. The fourth-order valence-electron chi connectivity index (χ4n) is 0.697. The van der Waals surface area contributed by atoms with Gasteiger partial charge in [-0.1, -0.05) is 0 Å². The Morgan fingerprint density at radius 1 is 1.36 bits per heavy atom. The molecular formula is C6H11N2NaO5. The standard InChI is InChI=1S/C6H10N2O5.Na.H/c7-6(13)8-3(5(11)12)1-2-4(9)10;;/h3H,1-2H2,(H,9,10)(H,11,12)(H3,7,8,13);;/q;+1;-1/t3-;;/m0../s1. The van der Waals surface area contributed by atoms with Gasteiger partial charge >= 0.3 is 47.5 Å². The molecule has 14 heavy (non-hydrogen) atoms. The van der Waals surface area contributed by atoms with Crippen LogP contribution in [-0.2, 0) is 9.59 Å². The molecule has 0 unspecified atom stereocenters. The van der Waals surface area contributed by atoms with Crippen molar-refractivity contribution >= 4 is 18.0 Å². The van der Waals surface area contributed by atoms with E-state index in [0.717, 1.165) is 0 Å². The van der Waals surface area contributed by atoms with E-state index in [1.165, 1.54) is 0 Å². The van der Waals surface area contributed by atoms with E-state index < -0.39 is 24.0 Å². The second-order valence-electron chi connectivity index (χ2n) is 2.33. The largest absolute Gasteiger partial charge is 1.00 e. The third-order valence-corrected chi connectivity index (χ3v) is 1.26. The fourth-order valence-corrected chi connectivity index (χ4v) is 0.697. The number of amides is 2. The van der Waals surface area contributed by atoms with Crippen LogP contribution in [0.2, 0.25) is 0 Å². The summed E-state index contributed by atoms with van der Waals surface area (Å²) in [5.41, 5.74) is 4.68. The maximum atomic E-state index is 10.4. The van der Waals surface area contributed by atoms with Gasteiger partial charge in [-0.2, -0.15) is 0 Å². The van der Waals surface area contributed by atoms with Crippen LogP contribution in [0.1, 0.15) is 14.3 Å². The molecule has 0 fully saturated rings. The minimum atomic E-state index is -1.31. The molecule has 76 valence electrons. The Kier molecular flexibility index (Phi) is 8.51. The van der Waals surface area contributed by atoms with Gasteiger partial charge in [0.1, 0.15) is 6.04 Å². The van der Waals surface area contributed by atoms with Gasteiger partial charge in [0, 0.05) is 6.42 Å². The van der Waals surface area contributed by atoms with Crippen LogP contribution in [0.4, 0.5) is 4.79 Å². The number of urea groups is 1. The summed E-state index contributed by atoms with van der Waals surface area (Å²) in [4.78, 5) is 30.7. The number of hydrogen-bond acceptors (Lipinski definition) is 3. The van der Waals surface area contributed by atoms with Crippen LogP contribution in [0, 0.1) is 0 Å². The predicted octanol–water partition coefficient (Wildman–Crippen LogP) is -3.91. The molecule has 1 atom stereocenters. The summed E-state index contributed by atoms with van der Waals surface area (Å²) in [7, 11) is 0. The second kappa shape index (κ2) is 7.60. The summed E-state index contributed by atoms with van der Waals surface area (Å²) in [6.45, 7) is 0. The van der Waals surface area contributed by atoms with Crippen molar-refractivity contribution in [1.82, 2.24) is 5.32 Å². The minimum absolute atomic E-state index is 0. The zero-order valence-corrected chi connectivity index (χ0v) is 9.69. The Balaban J connectivity index is -0.000000720.